The molecule has 0 radical (unpaired) electrons. The molecule has 13 aromatic carbocycles. The molecule has 0 spiro atoms. The van der Waals surface area contributed by atoms with Crippen molar-refractivity contribution in [3.05, 3.63) is 279 Å². The maximum atomic E-state index is 2.51. The summed E-state index contributed by atoms with van der Waals surface area (Å²) in [5.74, 6) is 0. The summed E-state index contributed by atoms with van der Waals surface area (Å²) in [4.78, 5) is 2.40. The molecule has 336 valence electrons. The Morgan fingerprint density at radius 1 is 0.250 bits per heavy atom. The lowest BCUT2D eigenvalue weighted by atomic mass is 9.92. The van der Waals surface area contributed by atoms with Gasteiger partial charge in [0.1, 0.15) is 0 Å². The van der Waals surface area contributed by atoms with Crippen molar-refractivity contribution >= 4 is 82.0 Å². The normalized spacial score (nSPS) is 11.6. The fourth-order valence-corrected chi connectivity index (χ4v) is 11.4. The number of nitrogens with zero attached hydrogens (tertiary/aromatic N) is 2. The van der Waals surface area contributed by atoms with E-state index in [4.69, 9.17) is 0 Å². The Morgan fingerprint density at radius 3 is 1.60 bits per heavy atom. The predicted molar refractivity (Wildman–Crippen MR) is 307 cm³/mol. The molecule has 0 amide bonds. The van der Waals surface area contributed by atoms with Crippen molar-refractivity contribution in [3.8, 4) is 50.2 Å². The maximum Gasteiger partial charge on any atom is 0.0619 e. The lowest BCUT2D eigenvalue weighted by Gasteiger charge is -2.27. The van der Waals surface area contributed by atoms with E-state index in [2.05, 4.69) is 289 Å². The minimum atomic E-state index is 1.07. The van der Waals surface area contributed by atoms with E-state index in [9.17, 15) is 0 Å². The monoisotopic (exact) mass is 914 g/mol. The third-order valence-corrected chi connectivity index (χ3v) is 14.7. The number of benzene rings is 13. The summed E-state index contributed by atoms with van der Waals surface area (Å²) in [6.45, 7) is 0. The minimum absolute atomic E-state index is 1.07. The molecule has 0 fully saturated rings. The molecule has 1 heterocycles. The van der Waals surface area contributed by atoms with Crippen molar-refractivity contribution in [1.82, 2.24) is 4.57 Å². The Labute approximate surface area is 418 Å². The van der Waals surface area contributed by atoms with Gasteiger partial charge in [-0.1, -0.05) is 218 Å². The average Bonchev–Trinajstić information content (AvgIpc) is 3.80. The van der Waals surface area contributed by atoms with E-state index in [-0.39, 0.29) is 0 Å². The lowest BCUT2D eigenvalue weighted by molar-refractivity contribution is 1.19. The van der Waals surface area contributed by atoms with E-state index in [1.165, 1.54) is 104 Å². The molecule has 0 aliphatic rings. The number of anilines is 3. The van der Waals surface area contributed by atoms with Crippen molar-refractivity contribution in [2.75, 3.05) is 4.90 Å². The second-order valence-electron chi connectivity index (χ2n) is 18.8. The molecule has 0 unspecified atom stereocenters. The summed E-state index contributed by atoms with van der Waals surface area (Å²) in [6.07, 6.45) is 0. The molecule has 0 saturated heterocycles. The van der Waals surface area contributed by atoms with Crippen LogP contribution in [0.2, 0.25) is 0 Å². The molecule has 14 aromatic rings. The molecule has 0 bridgehead atoms. The Kier molecular flexibility index (Phi) is 9.89. The van der Waals surface area contributed by atoms with Crippen LogP contribution in [-0.2, 0) is 0 Å². The van der Waals surface area contributed by atoms with Gasteiger partial charge >= 0.3 is 0 Å². The molecular weight excluding hydrogens is 869 g/mol. The van der Waals surface area contributed by atoms with Crippen LogP contribution in [0.3, 0.4) is 0 Å². The first-order valence-electron chi connectivity index (χ1n) is 24.8. The summed E-state index contributed by atoms with van der Waals surface area (Å²) in [5, 5.41) is 12.5. The van der Waals surface area contributed by atoms with Crippen LogP contribution in [0.15, 0.2) is 279 Å². The zero-order valence-corrected chi connectivity index (χ0v) is 39.5. The smallest absolute Gasteiger partial charge is 0.0619 e. The molecule has 2 nitrogen and oxygen atoms in total. The average molecular weight is 915 g/mol. The van der Waals surface area contributed by atoms with Crippen molar-refractivity contribution in [2.24, 2.45) is 0 Å². The first-order chi connectivity index (χ1) is 35.7. The highest BCUT2D eigenvalue weighted by Gasteiger charge is 2.22. The van der Waals surface area contributed by atoms with Gasteiger partial charge in [-0.25, -0.2) is 0 Å². The Hall–Kier alpha value is -9.50. The predicted octanol–water partition coefficient (Wildman–Crippen LogP) is 19.5. The summed E-state index contributed by atoms with van der Waals surface area (Å²) in [5.41, 5.74) is 16.2. The van der Waals surface area contributed by atoms with Gasteiger partial charge in [-0.05, 0) is 137 Å². The fraction of sp³-hybridized carbons (Fsp3) is 0. The van der Waals surface area contributed by atoms with Gasteiger partial charge < -0.3 is 9.47 Å². The Morgan fingerprint density at radius 2 is 0.806 bits per heavy atom. The molecule has 0 N–H and O–H groups in total. The molecule has 1 aromatic heterocycles. The van der Waals surface area contributed by atoms with Crippen LogP contribution in [0.5, 0.6) is 0 Å². The van der Waals surface area contributed by atoms with Gasteiger partial charge in [0.05, 0.1) is 16.7 Å². The van der Waals surface area contributed by atoms with Crippen LogP contribution in [0.1, 0.15) is 0 Å². The number of fused-ring (bicyclic) bond motifs is 9. The molecule has 14 rings (SSSR count). The van der Waals surface area contributed by atoms with Gasteiger partial charge in [0, 0.05) is 38.8 Å². The number of hydrogen-bond acceptors (Lipinski definition) is 1. The maximum absolute atomic E-state index is 2.51. The molecule has 0 aliphatic carbocycles. The van der Waals surface area contributed by atoms with Gasteiger partial charge in [0.15, 0.2) is 0 Å². The summed E-state index contributed by atoms with van der Waals surface area (Å²) >= 11 is 0. The van der Waals surface area contributed by atoms with E-state index in [1.54, 1.807) is 0 Å². The molecule has 2 heteroatoms. The number of para-hydroxylation sites is 1. The van der Waals surface area contributed by atoms with Crippen molar-refractivity contribution in [1.29, 1.82) is 0 Å². The molecule has 72 heavy (non-hydrogen) atoms. The van der Waals surface area contributed by atoms with Crippen LogP contribution in [-0.4, -0.2) is 4.57 Å². The first kappa shape index (κ1) is 41.5. The summed E-state index contributed by atoms with van der Waals surface area (Å²) < 4.78 is 2.51. The number of rotatable bonds is 8. The van der Waals surface area contributed by atoms with E-state index in [0.717, 1.165) is 28.3 Å². The van der Waals surface area contributed by atoms with Crippen molar-refractivity contribution in [3.63, 3.8) is 0 Å². The van der Waals surface area contributed by atoms with Gasteiger partial charge in [0.25, 0.3) is 0 Å². The van der Waals surface area contributed by atoms with Gasteiger partial charge in [-0.3, -0.25) is 0 Å². The molecular formula is C70H46N2. The van der Waals surface area contributed by atoms with E-state index >= 15 is 0 Å². The van der Waals surface area contributed by atoms with Gasteiger partial charge in [0.2, 0.25) is 0 Å². The number of aromatic nitrogens is 1. The van der Waals surface area contributed by atoms with Crippen molar-refractivity contribution in [2.45, 2.75) is 0 Å². The largest absolute Gasteiger partial charge is 0.310 e. The van der Waals surface area contributed by atoms with Crippen LogP contribution in [0.25, 0.3) is 115 Å². The zero-order chi connectivity index (χ0) is 47.5. The quantitative estimate of drug-likeness (QED) is 0.138. The van der Waals surface area contributed by atoms with Crippen LogP contribution in [0.4, 0.5) is 17.1 Å². The van der Waals surface area contributed by atoms with Gasteiger partial charge in [-0.2, -0.15) is 0 Å². The molecule has 0 saturated carbocycles. The molecule has 0 atom stereocenters. The summed E-state index contributed by atoms with van der Waals surface area (Å²) in [7, 11) is 0. The summed E-state index contributed by atoms with van der Waals surface area (Å²) in [6, 6.07) is 102. The highest BCUT2D eigenvalue weighted by Crippen LogP contribution is 2.45. The third kappa shape index (κ3) is 6.95. The van der Waals surface area contributed by atoms with E-state index in [0.29, 0.717) is 0 Å². The Balaban J connectivity index is 0.947. The topological polar surface area (TPSA) is 8.17 Å². The second kappa shape index (κ2) is 17.2. The Bertz CT molecular complexity index is 4370. The highest BCUT2D eigenvalue weighted by atomic mass is 15.1. The van der Waals surface area contributed by atoms with Crippen LogP contribution < -0.4 is 4.90 Å². The van der Waals surface area contributed by atoms with Gasteiger partial charge in [-0.15, -0.1) is 0 Å². The second-order valence-corrected chi connectivity index (χ2v) is 18.8. The standard InChI is InChI=1S/C70H46N2/c1-2-17-48(18-3-1)60-29-15-31-68(72-67-30-13-12-28-64(67)65-43-38-49-19-6-9-25-61(49)70(65)72)69(60)51-36-41-57(42-37-51)71(58-23-14-22-53(45-58)54-33-32-47-16-4-5-20-52(47)44-54)56-39-34-50(35-40-56)66-46-55-21-7-8-24-59(55)62-26-10-11-27-63(62)66/h1-46H. The zero-order valence-electron chi connectivity index (χ0n) is 39.5. The first-order valence-corrected chi connectivity index (χ1v) is 24.8. The van der Waals surface area contributed by atoms with E-state index in [1.807, 2.05) is 0 Å². The minimum Gasteiger partial charge on any atom is -0.310 e. The third-order valence-electron chi connectivity index (χ3n) is 14.7. The fourth-order valence-electron chi connectivity index (χ4n) is 11.4. The van der Waals surface area contributed by atoms with E-state index < -0.39 is 0 Å². The SMILES string of the molecule is c1ccc(-c2cccc(-n3c4ccccc4c4ccc5ccccc5c43)c2-c2ccc(N(c3ccc(-c4cc5ccccc5c5ccccc45)cc3)c3cccc(-c4ccc5ccccc5c4)c3)cc2)cc1. The lowest BCUT2D eigenvalue weighted by Crippen LogP contribution is -2.10. The highest BCUT2D eigenvalue weighted by molar-refractivity contribution is 6.19. The van der Waals surface area contributed by atoms with Crippen LogP contribution in [0, 0.1) is 0 Å². The molecule has 0 aliphatic heterocycles. The van der Waals surface area contributed by atoms with Crippen LogP contribution >= 0.6 is 0 Å². The van der Waals surface area contributed by atoms with Crippen molar-refractivity contribution < 1.29 is 0 Å². The number of hydrogen-bond donors (Lipinski definition) is 0.